The first-order valence-electron chi connectivity index (χ1n) is 6.56. The summed E-state index contributed by atoms with van der Waals surface area (Å²) in [6.07, 6.45) is 2.17. The van der Waals surface area contributed by atoms with Crippen molar-refractivity contribution in [2.75, 3.05) is 18.4 Å². The number of amides is 2. The van der Waals surface area contributed by atoms with Crippen molar-refractivity contribution in [3.05, 3.63) is 23.8 Å². The Bertz CT molecular complexity index is 538. The largest absolute Gasteiger partial charge is 0.339 e. The molecule has 2 aliphatic heterocycles. The Morgan fingerprint density at radius 3 is 2.84 bits per heavy atom. The zero-order chi connectivity index (χ0) is 13.4. The van der Waals surface area contributed by atoms with Crippen LogP contribution < -0.4 is 5.32 Å². The third-order valence-corrected chi connectivity index (χ3v) is 4.73. The number of hydrogen-bond acceptors (Lipinski definition) is 3. The summed E-state index contributed by atoms with van der Waals surface area (Å²) in [6.45, 7) is 3.56. The van der Waals surface area contributed by atoms with E-state index in [0.717, 1.165) is 36.5 Å². The van der Waals surface area contributed by atoms with Gasteiger partial charge in [0.15, 0.2) is 0 Å². The van der Waals surface area contributed by atoms with E-state index in [1.807, 2.05) is 24.0 Å². The van der Waals surface area contributed by atoms with E-state index in [1.54, 1.807) is 6.07 Å². The van der Waals surface area contributed by atoms with Crippen molar-refractivity contribution >= 4 is 29.3 Å². The number of carbonyl (C=O) groups is 2. The quantitative estimate of drug-likeness (QED) is 0.856. The molecule has 1 fully saturated rings. The van der Waals surface area contributed by atoms with E-state index in [9.17, 15) is 9.59 Å². The Balaban J connectivity index is 1.87. The molecule has 2 heterocycles. The molecule has 0 aliphatic carbocycles. The van der Waals surface area contributed by atoms with Crippen molar-refractivity contribution in [2.24, 2.45) is 0 Å². The average molecular weight is 276 g/mol. The van der Waals surface area contributed by atoms with Gasteiger partial charge in [0, 0.05) is 23.5 Å². The van der Waals surface area contributed by atoms with Crippen LogP contribution in [0, 0.1) is 0 Å². The Labute approximate surface area is 116 Å². The maximum Gasteiger partial charge on any atom is 0.253 e. The topological polar surface area (TPSA) is 49.4 Å². The molecular formula is C14H16N2O2S. The van der Waals surface area contributed by atoms with Crippen molar-refractivity contribution in [1.82, 2.24) is 4.90 Å². The second kappa shape index (κ2) is 4.89. The van der Waals surface area contributed by atoms with Crippen LogP contribution in [-0.2, 0) is 4.79 Å². The number of nitrogens with one attached hydrogen (secondary N) is 1. The number of thioether (sulfide) groups is 1. The van der Waals surface area contributed by atoms with Gasteiger partial charge >= 0.3 is 0 Å². The second-order valence-electron chi connectivity index (χ2n) is 4.96. The smallest absolute Gasteiger partial charge is 0.253 e. The molecule has 0 aromatic heterocycles. The maximum atomic E-state index is 12.3. The van der Waals surface area contributed by atoms with Gasteiger partial charge in [0.05, 0.1) is 10.9 Å². The first-order valence-corrected chi connectivity index (χ1v) is 7.44. The van der Waals surface area contributed by atoms with E-state index in [4.69, 9.17) is 0 Å². The Hall–Kier alpha value is -1.49. The Morgan fingerprint density at radius 2 is 2.11 bits per heavy atom. The number of rotatable bonds is 1. The van der Waals surface area contributed by atoms with Gasteiger partial charge in [0.2, 0.25) is 5.91 Å². The summed E-state index contributed by atoms with van der Waals surface area (Å²) in [6, 6.07) is 5.59. The summed E-state index contributed by atoms with van der Waals surface area (Å²) in [4.78, 5) is 26.9. The van der Waals surface area contributed by atoms with Gasteiger partial charge in [-0.05, 0) is 38.0 Å². The monoisotopic (exact) mass is 276 g/mol. The molecule has 1 aromatic carbocycles. The van der Waals surface area contributed by atoms with Crippen molar-refractivity contribution < 1.29 is 9.59 Å². The number of carbonyl (C=O) groups excluding carboxylic acids is 2. The summed E-state index contributed by atoms with van der Waals surface area (Å²) in [7, 11) is 0. The molecule has 100 valence electrons. The second-order valence-corrected chi connectivity index (χ2v) is 6.34. The molecular weight excluding hydrogens is 260 g/mol. The van der Waals surface area contributed by atoms with Crippen molar-refractivity contribution in [2.45, 2.75) is 29.9 Å². The minimum Gasteiger partial charge on any atom is -0.339 e. The third-order valence-electron chi connectivity index (χ3n) is 3.55. The molecule has 0 radical (unpaired) electrons. The van der Waals surface area contributed by atoms with Crippen molar-refractivity contribution in [3.63, 3.8) is 0 Å². The highest BCUT2D eigenvalue weighted by atomic mass is 32.2. The van der Waals surface area contributed by atoms with Gasteiger partial charge in [-0.2, -0.15) is 0 Å². The molecule has 19 heavy (non-hydrogen) atoms. The number of nitrogens with zero attached hydrogens (tertiary/aromatic N) is 1. The van der Waals surface area contributed by atoms with Crippen LogP contribution in [-0.4, -0.2) is 35.1 Å². The van der Waals surface area contributed by atoms with E-state index in [2.05, 4.69) is 5.32 Å². The number of fused-ring (bicyclic) bond motifs is 1. The first kappa shape index (κ1) is 12.5. The van der Waals surface area contributed by atoms with Crippen molar-refractivity contribution in [3.8, 4) is 0 Å². The van der Waals surface area contributed by atoms with Crippen LogP contribution >= 0.6 is 11.8 Å². The van der Waals surface area contributed by atoms with Crippen LogP contribution in [0.15, 0.2) is 23.1 Å². The highest BCUT2D eigenvalue weighted by Crippen LogP contribution is 2.36. The highest BCUT2D eigenvalue weighted by molar-refractivity contribution is 8.00. The molecule has 0 bridgehead atoms. The standard InChI is InChI=1S/C14H16N2O2S/c1-9-13(17)15-11-8-10(4-5-12(11)19-9)14(18)16-6-2-3-7-16/h4-5,8-9H,2-3,6-7H2,1H3,(H,15,17)/t9-/m1/s1. The molecule has 1 saturated heterocycles. The fourth-order valence-corrected chi connectivity index (χ4v) is 3.37. The average Bonchev–Trinajstić information content (AvgIpc) is 2.93. The molecule has 1 atom stereocenters. The SMILES string of the molecule is C[C@H]1Sc2ccc(C(=O)N3CCCC3)cc2NC1=O. The Morgan fingerprint density at radius 1 is 1.37 bits per heavy atom. The van der Waals surface area contributed by atoms with Gasteiger partial charge < -0.3 is 10.2 Å². The van der Waals surface area contributed by atoms with E-state index in [0.29, 0.717) is 5.56 Å². The van der Waals surface area contributed by atoms with Crippen molar-refractivity contribution in [1.29, 1.82) is 0 Å². The molecule has 1 N–H and O–H groups in total. The van der Waals surface area contributed by atoms with Gasteiger partial charge in [-0.1, -0.05) is 0 Å². The minimum atomic E-state index is -0.0763. The van der Waals surface area contributed by atoms with E-state index >= 15 is 0 Å². The van der Waals surface area contributed by atoms with Gasteiger partial charge in [-0.25, -0.2) is 0 Å². The first-order chi connectivity index (χ1) is 9.15. The molecule has 0 saturated carbocycles. The van der Waals surface area contributed by atoms with Gasteiger partial charge in [-0.15, -0.1) is 11.8 Å². The lowest BCUT2D eigenvalue weighted by Crippen LogP contribution is -2.29. The molecule has 0 unspecified atom stereocenters. The van der Waals surface area contributed by atoms with Crippen LogP contribution in [0.25, 0.3) is 0 Å². The number of hydrogen-bond donors (Lipinski definition) is 1. The third kappa shape index (κ3) is 2.34. The van der Waals surface area contributed by atoms with Crippen LogP contribution in [0.2, 0.25) is 0 Å². The van der Waals surface area contributed by atoms with Gasteiger partial charge in [0.25, 0.3) is 5.91 Å². The highest BCUT2D eigenvalue weighted by Gasteiger charge is 2.25. The van der Waals surface area contributed by atoms with Crippen LogP contribution in [0.3, 0.4) is 0 Å². The fraction of sp³-hybridized carbons (Fsp3) is 0.429. The molecule has 2 amide bonds. The lowest BCUT2D eigenvalue weighted by atomic mass is 10.1. The van der Waals surface area contributed by atoms with Crippen LogP contribution in [0.5, 0.6) is 0 Å². The van der Waals surface area contributed by atoms with Gasteiger partial charge in [-0.3, -0.25) is 9.59 Å². The fourth-order valence-electron chi connectivity index (χ4n) is 2.44. The predicted molar refractivity (Wildman–Crippen MR) is 75.5 cm³/mol. The summed E-state index contributed by atoms with van der Waals surface area (Å²) >= 11 is 1.54. The zero-order valence-corrected chi connectivity index (χ0v) is 11.6. The summed E-state index contributed by atoms with van der Waals surface area (Å²) in [5.41, 5.74) is 1.43. The predicted octanol–water partition coefficient (Wildman–Crippen LogP) is 2.36. The summed E-state index contributed by atoms with van der Waals surface area (Å²) in [5, 5.41) is 2.79. The molecule has 4 nitrogen and oxygen atoms in total. The van der Waals surface area contributed by atoms with Gasteiger partial charge in [0.1, 0.15) is 0 Å². The minimum absolute atomic E-state index is 0.00303. The molecule has 0 spiro atoms. The normalized spacial score (nSPS) is 22.1. The molecule has 3 rings (SSSR count). The van der Waals surface area contributed by atoms with E-state index < -0.39 is 0 Å². The lowest BCUT2D eigenvalue weighted by molar-refractivity contribution is -0.115. The van der Waals surface area contributed by atoms with E-state index in [1.165, 1.54) is 11.8 Å². The van der Waals surface area contributed by atoms with Crippen LogP contribution in [0.4, 0.5) is 5.69 Å². The summed E-state index contributed by atoms with van der Waals surface area (Å²) in [5.74, 6) is 0.0708. The number of likely N-dealkylation sites (tertiary alicyclic amines) is 1. The molecule has 2 aliphatic rings. The molecule has 5 heteroatoms. The Kier molecular flexibility index (Phi) is 3.22. The number of benzene rings is 1. The summed E-state index contributed by atoms with van der Waals surface area (Å²) < 4.78 is 0. The lowest BCUT2D eigenvalue weighted by Gasteiger charge is -2.22. The molecule has 1 aromatic rings. The van der Waals surface area contributed by atoms with Crippen LogP contribution in [0.1, 0.15) is 30.1 Å². The maximum absolute atomic E-state index is 12.3. The van der Waals surface area contributed by atoms with E-state index in [-0.39, 0.29) is 17.1 Å². The zero-order valence-electron chi connectivity index (χ0n) is 10.8. The number of anilines is 1.